The highest BCUT2D eigenvalue weighted by atomic mass is 16.5. The lowest BCUT2D eigenvalue weighted by Crippen LogP contribution is -2.43. The van der Waals surface area contributed by atoms with Crippen molar-refractivity contribution in [1.29, 1.82) is 5.26 Å². The molecular weight excluding hydrogens is 375 g/mol. The van der Waals surface area contributed by atoms with E-state index in [4.69, 9.17) is 25.7 Å². The molecule has 1 aromatic carbocycles. The Labute approximate surface area is 180 Å². The molecule has 9 heteroatoms. The van der Waals surface area contributed by atoms with Crippen molar-refractivity contribution in [1.82, 2.24) is 10.3 Å². The van der Waals surface area contributed by atoms with Gasteiger partial charge in [0.2, 0.25) is 0 Å². The molecule has 0 fully saturated rings. The van der Waals surface area contributed by atoms with Crippen LogP contribution in [-0.2, 0) is 4.79 Å². The fourth-order valence-electron chi connectivity index (χ4n) is 2.84. The zero-order valence-corrected chi connectivity index (χ0v) is 16.9. The average molecular weight is 396 g/mol. The van der Waals surface area contributed by atoms with Crippen LogP contribution in [0.4, 0.5) is 0 Å². The predicted molar refractivity (Wildman–Crippen MR) is 118 cm³/mol. The molecule has 0 aliphatic rings. The number of carbonyl (C=O) groups excluding carboxylic acids is 2. The summed E-state index contributed by atoms with van der Waals surface area (Å²) in [6, 6.07) is 5.85. The summed E-state index contributed by atoms with van der Waals surface area (Å²) in [5, 5.41) is 11.4. The van der Waals surface area contributed by atoms with Crippen molar-refractivity contribution < 1.29 is 14.3 Å². The van der Waals surface area contributed by atoms with Gasteiger partial charge in [0.15, 0.2) is 5.78 Å². The van der Waals surface area contributed by atoms with Gasteiger partial charge >= 0.3 is 0 Å². The minimum absolute atomic E-state index is 0.270. The maximum atomic E-state index is 12.8. The Kier molecular flexibility index (Phi) is 9.21. The van der Waals surface area contributed by atoms with Gasteiger partial charge in [-0.25, -0.2) is 5.26 Å². The van der Waals surface area contributed by atoms with Crippen LogP contribution in [0.15, 0.2) is 36.7 Å². The van der Waals surface area contributed by atoms with E-state index in [1.165, 1.54) is 19.7 Å². The Bertz CT molecular complexity index is 917. The van der Waals surface area contributed by atoms with E-state index in [2.05, 4.69) is 10.3 Å². The van der Waals surface area contributed by atoms with E-state index in [-0.39, 0.29) is 24.0 Å². The van der Waals surface area contributed by atoms with Crippen molar-refractivity contribution in [2.75, 3.05) is 6.61 Å². The van der Waals surface area contributed by atoms with Gasteiger partial charge in [-0.2, -0.15) is 0 Å². The number of nitriles is 1. The van der Waals surface area contributed by atoms with Crippen LogP contribution in [0.3, 0.4) is 0 Å². The minimum atomic E-state index is -0.736. The monoisotopic (exact) mass is 396 g/mol. The minimum Gasteiger partial charge on any atom is -0.487 e. The van der Waals surface area contributed by atoms with E-state index < -0.39 is 6.04 Å². The number of carbonyl (C=O) groups is 2. The number of unbranched alkanes of at least 4 members (excludes halogenated alkanes) is 1. The number of aryl methyl sites for hydroxylation is 1. The average Bonchev–Trinajstić information content (AvgIpc) is 2.75. The first-order valence-electron chi connectivity index (χ1n) is 9.66. The van der Waals surface area contributed by atoms with Gasteiger partial charge in [0.05, 0.1) is 6.04 Å². The number of Topliss-reactive ketones (excluding diaryl/α,β-unsaturated/α-hetero) is 1. The Balaban J connectivity index is 2.04. The Morgan fingerprint density at radius 1 is 1.23 bits per heavy atom. The summed E-state index contributed by atoms with van der Waals surface area (Å²) in [6.07, 6.45) is 5.48. The van der Waals surface area contributed by atoms with Crippen molar-refractivity contribution in [2.24, 2.45) is 0 Å². The molecule has 2 rings (SSSR count). The molecule has 1 N–H and O–H groups in total. The third-order valence-corrected chi connectivity index (χ3v) is 4.62. The number of ketones is 1. The van der Waals surface area contributed by atoms with Crippen molar-refractivity contribution in [3.8, 4) is 11.7 Å². The molecule has 0 spiro atoms. The van der Waals surface area contributed by atoms with Crippen LogP contribution in [0, 0.1) is 18.2 Å². The normalized spacial score (nSPS) is 11.2. The summed E-state index contributed by atoms with van der Waals surface area (Å²) >= 11 is 0. The third-order valence-electron chi connectivity index (χ3n) is 4.62. The van der Waals surface area contributed by atoms with Gasteiger partial charge in [-0.05, 0) is 31.4 Å². The summed E-state index contributed by atoms with van der Waals surface area (Å²) in [5.41, 5.74) is 1.93. The summed E-state index contributed by atoms with van der Waals surface area (Å²) in [5.74, 6) is 1.59. The second-order valence-electron chi connectivity index (χ2n) is 6.85. The van der Waals surface area contributed by atoms with Crippen LogP contribution < -0.4 is 21.0 Å². The van der Waals surface area contributed by atoms with Crippen LogP contribution in [0.1, 0.15) is 35.2 Å². The summed E-state index contributed by atoms with van der Waals surface area (Å²) in [4.78, 5) is 29.2. The smallest absolute Gasteiger partial charge is 0.254 e. The molecule has 1 aromatic heterocycles. The van der Waals surface area contributed by atoms with Crippen LogP contribution >= 0.6 is 0 Å². The molecule has 5 radical (unpaired) electrons. The van der Waals surface area contributed by atoms with Crippen molar-refractivity contribution in [3.63, 3.8) is 0 Å². The van der Waals surface area contributed by atoms with E-state index in [1.807, 2.05) is 12.9 Å². The van der Waals surface area contributed by atoms with Crippen molar-refractivity contribution in [2.45, 2.75) is 38.5 Å². The molecular formula is C21H21B3N3O3. The highest BCUT2D eigenvalue weighted by Crippen LogP contribution is 2.09. The van der Waals surface area contributed by atoms with Crippen LogP contribution in [-0.4, -0.2) is 52.3 Å². The van der Waals surface area contributed by atoms with E-state index in [1.54, 1.807) is 24.3 Å². The number of pyridine rings is 1. The largest absolute Gasteiger partial charge is 0.487 e. The first-order valence-corrected chi connectivity index (χ1v) is 9.66. The standard InChI is InChI=1S/C21H21B3N3O3/c1-14-5-6-16(22)20(19(14)23)30-12-18(28)17(4-2-3-9-24-13-25)27-21(29)15-7-10-26-11-8-15/h5-8,10-11,17H,2-4,9,12H2,1H3,(H,27,29)/t17-/m0/s1. The van der Waals surface area contributed by atoms with Crippen LogP contribution in [0.2, 0.25) is 6.32 Å². The number of nitrogens with zero attached hydrogens (tertiary/aromatic N) is 2. The zero-order chi connectivity index (χ0) is 21.9. The lowest BCUT2D eigenvalue weighted by atomic mass is 9.75. The summed E-state index contributed by atoms with van der Waals surface area (Å²) < 4.78 is 5.61. The van der Waals surface area contributed by atoms with Gasteiger partial charge in [-0.1, -0.05) is 47.8 Å². The van der Waals surface area contributed by atoms with Crippen molar-refractivity contribution >= 4 is 45.6 Å². The number of benzene rings is 1. The van der Waals surface area contributed by atoms with Gasteiger partial charge in [-0.15, -0.1) is 0 Å². The molecule has 147 valence electrons. The molecule has 30 heavy (non-hydrogen) atoms. The van der Waals surface area contributed by atoms with Gasteiger partial charge < -0.3 is 10.1 Å². The van der Waals surface area contributed by atoms with E-state index >= 15 is 0 Å². The SMILES string of the molecule is [B]c1ccc(C)c([B])c1OCC(=O)[C@H](CCCC[B]C#N)NC(=O)c1ccncc1. The molecule has 0 saturated heterocycles. The fraction of sp³-hybridized carbons (Fsp3) is 0.333. The molecule has 0 aliphatic carbocycles. The first kappa shape index (κ1) is 23.3. The van der Waals surface area contributed by atoms with E-state index in [0.717, 1.165) is 12.0 Å². The van der Waals surface area contributed by atoms with Gasteiger partial charge in [0.25, 0.3) is 13.2 Å². The quantitative estimate of drug-likeness (QED) is 0.442. The fourth-order valence-corrected chi connectivity index (χ4v) is 2.84. The van der Waals surface area contributed by atoms with E-state index in [9.17, 15) is 9.59 Å². The molecule has 2 aromatic rings. The second kappa shape index (κ2) is 11.9. The number of ether oxygens (including phenoxy) is 1. The lowest BCUT2D eigenvalue weighted by molar-refractivity contribution is -0.123. The maximum absolute atomic E-state index is 12.8. The number of amides is 1. The molecule has 0 unspecified atom stereocenters. The Hall–Kier alpha value is -3.01. The summed E-state index contributed by atoms with van der Waals surface area (Å²) in [6.45, 7) is 1.54. The van der Waals surface area contributed by atoms with Crippen molar-refractivity contribution in [3.05, 3.63) is 47.8 Å². The molecule has 1 amide bonds. The number of nitrogens with one attached hydrogen (secondary N) is 1. The molecule has 0 aliphatic heterocycles. The number of aromatic nitrogens is 1. The second-order valence-corrected chi connectivity index (χ2v) is 6.85. The Morgan fingerprint density at radius 3 is 2.67 bits per heavy atom. The number of rotatable bonds is 11. The molecule has 0 bridgehead atoms. The number of hydrogen-bond donors (Lipinski definition) is 1. The molecule has 1 atom stereocenters. The van der Waals surface area contributed by atoms with Crippen LogP contribution in [0.25, 0.3) is 0 Å². The first-order chi connectivity index (χ1) is 14.4. The zero-order valence-electron chi connectivity index (χ0n) is 16.9. The van der Waals surface area contributed by atoms with Gasteiger partial charge in [-0.3, -0.25) is 14.6 Å². The highest BCUT2D eigenvalue weighted by Gasteiger charge is 2.22. The topological polar surface area (TPSA) is 92.1 Å². The highest BCUT2D eigenvalue weighted by molar-refractivity contribution is 6.45. The van der Waals surface area contributed by atoms with Gasteiger partial charge in [0, 0.05) is 18.0 Å². The summed E-state index contributed by atoms with van der Waals surface area (Å²) in [7, 11) is 13.4. The lowest BCUT2D eigenvalue weighted by Gasteiger charge is -2.20. The third kappa shape index (κ3) is 6.80. The van der Waals surface area contributed by atoms with Crippen LogP contribution in [0.5, 0.6) is 5.75 Å². The molecule has 6 nitrogen and oxygen atoms in total. The Morgan fingerprint density at radius 2 is 1.97 bits per heavy atom. The number of hydrogen-bond acceptors (Lipinski definition) is 5. The van der Waals surface area contributed by atoms with Gasteiger partial charge in [0.1, 0.15) is 28.0 Å². The maximum Gasteiger partial charge on any atom is 0.254 e. The van der Waals surface area contributed by atoms with E-state index in [0.29, 0.717) is 35.7 Å². The molecule has 1 heterocycles. The predicted octanol–water partition coefficient (Wildman–Crippen LogP) is 0.498. The molecule has 0 saturated carbocycles.